The Balaban J connectivity index is 3.14. The van der Waals surface area contributed by atoms with Crippen molar-refractivity contribution in [2.45, 2.75) is 12.2 Å². The molecule has 0 aliphatic rings. The van der Waals surface area contributed by atoms with Gasteiger partial charge in [0.15, 0.2) is 11.6 Å². The van der Waals surface area contributed by atoms with Crippen LogP contribution < -0.4 is 5.73 Å². The molecule has 0 saturated carbocycles. The number of nitrogens with two attached hydrogens (primary N) is 1. The fourth-order valence-electron chi connectivity index (χ4n) is 0.954. The highest BCUT2D eigenvalue weighted by Gasteiger charge is 2.39. The van der Waals surface area contributed by atoms with Gasteiger partial charge in [-0.15, -0.1) is 0 Å². The first-order valence-electron chi connectivity index (χ1n) is 3.63. The maximum absolute atomic E-state index is 13.0. The summed E-state index contributed by atoms with van der Waals surface area (Å²) in [7, 11) is 0. The molecule has 6 heteroatoms. The first-order chi connectivity index (χ1) is 6.34. The minimum atomic E-state index is -4.73. The SMILES string of the molecule is NC(c1cccc(O)c1F)C(F)(F)F. The van der Waals surface area contributed by atoms with Crippen molar-refractivity contribution in [3.8, 4) is 5.75 Å². The van der Waals surface area contributed by atoms with Crippen LogP contribution in [0.25, 0.3) is 0 Å². The first-order valence-corrected chi connectivity index (χ1v) is 3.63. The zero-order chi connectivity index (χ0) is 10.9. The third-order valence-electron chi connectivity index (χ3n) is 1.70. The van der Waals surface area contributed by atoms with E-state index in [2.05, 4.69) is 0 Å². The molecule has 1 rings (SSSR count). The second kappa shape index (κ2) is 3.45. The molecule has 0 fully saturated rings. The van der Waals surface area contributed by atoms with E-state index in [0.717, 1.165) is 18.2 Å². The monoisotopic (exact) mass is 209 g/mol. The summed E-state index contributed by atoms with van der Waals surface area (Å²) in [5.74, 6) is -2.18. The van der Waals surface area contributed by atoms with Crippen LogP contribution in [-0.4, -0.2) is 11.3 Å². The normalized spacial score (nSPS) is 14.1. The number of phenols is 1. The van der Waals surface area contributed by atoms with E-state index in [4.69, 9.17) is 10.8 Å². The summed E-state index contributed by atoms with van der Waals surface area (Å²) in [6, 6.07) is 0.503. The summed E-state index contributed by atoms with van der Waals surface area (Å²) in [6.45, 7) is 0. The summed E-state index contributed by atoms with van der Waals surface area (Å²) in [5, 5.41) is 8.82. The molecule has 1 unspecified atom stereocenters. The second-order valence-electron chi connectivity index (χ2n) is 2.70. The van der Waals surface area contributed by atoms with Gasteiger partial charge in [0.05, 0.1) is 0 Å². The Hall–Kier alpha value is -1.30. The lowest BCUT2D eigenvalue weighted by atomic mass is 10.1. The van der Waals surface area contributed by atoms with Crippen LogP contribution in [0.1, 0.15) is 11.6 Å². The van der Waals surface area contributed by atoms with Crippen LogP contribution in [0.3, 0.4) is 0 Å². The van der Waals surface area contributed by atoms with Crippen molar-refractivity contribution in [3.05, 3.63) is 29.6 Å². The Morgan fingerprint density at radius 3 is 2.36 bits per heavy atom. The van der Waals surface area contributed by atoms with Crippen molar-refractivity contribution in [2.24, 2.45) is 5.73 Å². The number of halogens is 4. The van der Waals surface area contributed by atoms with E-state index in [0.29, 0.717) is 0 Å². The lowest BCUT2D eigenvalue weighted by Gasteiger charge is -2.16. The van der Waals surface area contributed by atoms with Crippen LogP contribution in [0.2, 0.25) is 0 Å². The van der Waals surface area contributed by atoms with Gasteiger partial charge in [0.1, 0.15) is 6.04 Å². The molecular formula is C8H7F4NO. The van der Waals surface area contributed by atoms with E-state index in [1.165, 1.54) is 0 Å². The molecule has 0 saturated heterocycles. The second-order valence-corrected chi connectivity index (χ2v) is 2.70. The predicted octanol–water partition coefficient (Wildman–Crippen LogP) is 2.09. The Morgan fingerprint density at radius 2 is 1.86 bits per heavy atom. The van der Waals surface area contributed by atoms with E-state index in [-0.39, 0.29) is 0 Å². The van der Waals surface area contributed by atoms with E-state index in [1.807, 2.05) is 0 Å². The topological polar surface area (TPSA) is 46.2 Å². The molecule has 0 heterocycles. The van der Waals surface area contributed by atoms with Gasteiger partial charge in [-0.3, -0.25) is 0 Å². The third kappa shape index (κ3) is 1.95. The molecule has 0 radical (unpaired) electrons. The molecule has 0 bridgehead atoms. The van der Waals surface area contributed by atoms with Gasteiger partial charge in [-0.05, 0) is 6.07 Å². The van der Waals surface area contributed by atoms with E-state index >= 15 is 0 Å². The molecule has 14 heavy (non-hydrogen) atoms. The number of rotatable bonds is 1. The van der Waals surface area contributed by atoms with Crippen LogP contribution in [0, 0.1) is 5.82 Å². The summed E-state index contributed by atoms with van der Waals surface area (Å²) in [5.41, 5.74) is 4.00. The highest BCUT2D eigenvalue weighted by atomic mass is 19.4. The number of alkyl halides is 3. The summed E-state index contributed by atoms with van der Waals surface area (Å²) in [6.07, 6.45) is -4.73. The maximum atomic E-state index is 13.0. The van der Waals surface area contributed by atoms with Crippen molar-refractivity contribution in [1.82, 2.24) is 0 Å². The number of phenolic OH excluding ortho intramolecular Hbond substituents is 1. The number of hydrogen-bond acceptors (Lipinski definition) is 2. The molecule has 2 nitrogen and oxygen atoms in total. The van der Waals surface area contributed by atoms with Crippen molar-refractivity contribution in [2.75, 3.05) is 0 Å². The molecular weight excluding hydrogens is 202 g/mol. The average molecular weight is 209 g/mol. The van der Waals surface area contributed by atoms with Gasteiger partial charge in [0.25, 0.3) is 0 Å². The van der Waals surface area contributed by atoms with Gasteiger partial charge in [0.2, 0.25) is 0 Å². The highest BCUT2D eigenvalue weighted by Crippen LogP contribution is 2.33. The summed E-state index contributed by atoms with van der Waals surface area (Å²) in [4.78, 5) is 0. The minimum absolute atomic E-state index is 0.766. The van der Waals surface area contributed by atoms with Gasteiger partial charge in [-0.25, -0.2) is 4.39 Å². The van der Waals surface area contributed by atoms with Crippen molar-refractivity contribution in [1.29, 1.82) is 0 Å². The van der Waals surface area contributed by atoms with Gasteiger partial charge in [-0.2, -0.15) is 13.2 Å². The third-order valence-corrected chi connectivity index (χ3v) is 1.70. The van der Waals surface area contributed by atoms with Crippen molar-refractivity contribution >= 4 is 0 Å². The Morgan fingerprint density at radius 1 is 1.29 bits per heavy atom. The molecule has 0 aliphatic heterocycles. The van der Waals surface area contributed by atoms with E-state index in [9.17, 15) is 17.6 Å². The van der Waals surface area contributed by atoms with E-state index < -0.39 is 29.3 Å². The number of benzene rings is 1. The predicted molar refractivity (Wildman–Crippen MR) is 41.0 cm³/mol. The number of hydrogen-bond donors (Lipinski definition) is 2. The molecule has 3 N–H and O–H groups in total. The molecule has 0 aliphatic carbocycles. The van der Waals surface area contributed by atoms with Crippen LogP contribution in [0.5, 0.6) is 5.75 Å². The Kier molecular flexibility index (Phi) is 2.66. The van der Waals surface area contributed by atoms with Crippen LogP contribution in [0.15, 0.2) is 18.2 Å². The zero-order valence-electron chi connectivity index (χ0n) is 6.85. The fourth-order valence-corrected chi connectivity index (χ4v) is 0.954. The first kappa shape index (κ1) is 10.8. The van der Waals surface area contributed by atoms with Crippen LogP contribution >= 0.6 is 0 Å². The molecule has 1 atom stereocenters. The standard InChI is InChI=1S/C8H7F4NO/c9-6-4(2-1-3-5(6)14)7(13)8(10,11)12/h1-3,7,14H,13H2. The molecule has 78 valence electrons. The van der Waals surface area contributed by atoms with Crippen LogP contribution in [0.4, 0.5) is 17.6 Å². The number of aromatic hydroxyl groups is 1. The van der Waals surface area contributed by atoms with E-state index in [1.54, 1.807) is 0 Å². The Labute approximate surface area is 77.0 Å². The fraction of sp³-hybridized carbons (Fsp3) is 0.250. The van der Waals surface area contributed by atoms with Gasteiger partial charge >= 0.3 is 6.18 Å². The molecule has 1 aromatic rings. The van der Waals surface area contributed by atoms with Gasteiger partial charge in [0, 0.05) is 5.56 Å². The Bertz CT molecular complexity index is 337. The van der Waals surface area contributed by atoms with Crippen LogP contribution in [-0.2, 0) is 0 Å². The smallest absolute Gasteiger partial charge is 0.407 e. The molecule has 0 amide bonds. The van der Waals surface area contributed by atoms with Gasteiger partial charge < -0.3 is 10.8 Å². The quantitative estimate of drug-likeness (QED) is 0.695. The lowest BCUT2D eigenvalue weighted by molar-refractivity contribution is -0.149. The lowest BCUT2D eigenvalue weighted by Crippen LogP contribution is -2.29. The van der Waals surface area contributed by atoms with Crippen molar-refractivity contribution in [3.63, 3.8) is 0 Å². The zero-order valence-corrected chi connectivity index (χ0v) is 6.85. The average Bonchev–Trinajstić information content (AvgIpc) is 2.07. The highest BCUT2D eigenvalue weighted by molar-refractivity contribution is 5.32. The maximum Gasteiger partial charge on any atom is 0.407 e. The molecule has 0 aromatic heterocycles. The summed E-state index contributed by atoms with van der Waals surface area (Å²) >= 11 is 0. The molecule has 1 aromatic carbocycles. The van der Waals surface area contributed by atoms with Gasteiger partial charge in [-0.1, -0.05) is 12.1 Å². The summed E-state index contributed by atoms with van der Waals surface area (Å²) < 4.78 is 49.2. The largest absolute Gasteiger partial charge is 0.505 e. The molecule has 0 spiro atoms. The minimum Gasteiger partial charge on any atom is -0.505 e. The van der Waals surface area contributed by atoms with Crippen molar-refractivity contribution < 1.29 is 22.7 Å².